The van der Waals surface area contributed by atoms with Crippen LogP contribution in [0.5, 0.6) is 5.75 Å². The quantitative estimate of drug-likeness (QED) is 0.495. The monoisotopic (exact) mass is 373 g/mol. The summed E-state index contributed by atoms with van der Waals surface area (Å²) < 4.78 is 29.0. The van der Waals surface area contributed by atoms with Gasteiger partial charge in [-0.2, -0.15) is 0 Å². The number of nitrogens with zero attached hydrogens (tertiary/aromatic N) is 2. The maximum Gasteiger partial charge on any atom is 0.193 e. The summed E-state index contributed by atoms with van der Waals surface area (Å²) in [5, 5.41) is 3.78. The molecule has 0 spiro atoms. The molecule has 1 aromatic rings. The van der Waals surface area contributed by atoms with Gasteiger partial charge in [0.05, 0.1) is 22.1 Å². The second kappa shape index (κ2) is 7.61. The summed E-state index contributed by atoms with van der Waals surface area (Å²) in [5.41, 5.74) is 0. The summed E-state index contributed by atoms with van der Waals surface area (Å²) in [5.74, 6) is 1.46. The number of hydrogen-bond acceptors (Lipinski definition) is 4. The molecule has 0 bridgehead atoms. The molecule has 1 aliphatic heterocycles. The van der Waals surface area contributed by atoms with Gasteiger partial charge in [0.1, 0.15) is 12.4 Å². The topological polar surface area (TPSA) is 71.0 Å². The van der Waals surface area contributed by atoms with Crippen molar-refractivity contribution in [3.63, 3.8) is 0 Å². The first-order valence-electron chi connectivity index (χ1n) is 7.82. The van der Waals surface area contributed by atoms with Gasteiger partial charge in [-0.1, -0.05) is 23.7 Å². The average Bonchev–Trinajstić information content (AvgIpc) is 2.52. The van der Waals surface area contributed by atoms with Crippen molar-refractivity contribution >= 4 is 27.4 Å². The molecule has 6 nitrogen and oxygen atoms in total. The molecular formula is C16H24ClN3O3S. The molecule has 0 aromatic heterocycles. The average molecular weight is 374 g/mol. The van der Waals surface area contributed by atoms with E-state index >= 15 is 0 Å². The molecule has 2 rings (SSSR count). The van der Waals surface area contributed by atoms with E-state index in [9.17, 15) is 8.42 Å². The Morgan fingerprint density at radius 2 is 2.12 bits per heavy atom. The van der Waals surface area contributed by atoms with Gasteiger partial charge in [-0.25, -0.2) is 8.42 Å². The maximum atomic E-state index is 12.1. The van der Waals surface area contributed by atoms with Crippen LogP contribution in [0.3, 0.4) is 0 Å². The van der Waals surface area contributed by atoms with Crippen LogP contribution in [-0.2, 0) is 9.84 Å². The fourth-order valence-corrected chi connectivity index (χ4v) is 4.10. The summed E-state index contributed by atoms with van der Waals surface area (Å²) in [6, 6.07) is 7.31. The van der Waals surface area contributed by atoms with E-state index in [0.29, 0.717) is 43.0 Å². The Balaban J connectivity index is 1.86. The summed E-state index contributed by atoms with van der Waals surface area (Å²) in [4.78, 5) is 6.21. The van der Waals surface area contributed by atoms with Crippen LogP contribution >= 0.6 is 11.6 Å². The molecule has 1 heterocycles. The Kier molecular flexibility index (Phi) is 5.98. The Labute approximate surface area is 148 Å². The lowest BCUT2D eigenvalue weighted by Crippen LogP contribution is -2.57. The zero-order valence-corrected chi connectivity index (χ0v) is 15.8. The second-order valence-corrected chi connectivity index (χ2v) is 9.40. The molecule has 1 fully saturated rings. The van der Waals surface area contributed by atoms with Crippen molar-refractivity contribution in [1.29, 1.82) is 0 Å². The minimum absolute atomic E-state index is 0.136. The summed E-state index contributed by atoms with van der Waals surface area (Å²) in [7, 11) is -1.38. The predicted molar refractivity (Wildman–Crippen MR) is 97.7 cm³/mol. The number of rotatable bonds is 4. The molecule has 0 aliphatic carbocycles. The Morgan fingerprint density at radius 3 is 2.75 bits per heavy atom. The molecule has 0 atom stereocenters. The van der Waals surface area contributed by atoms with E-state index in [1.807, 2.05) is 23.1 Å². The van der Waals surface area contributed by atoms with Gasteiger partial charge in [0, 0.05) is 20.1 Å². The Morgan fingerprint density at radius 1 is 1.42 bits per heavy atom. The van der Waals surface area contributed by atoms with E-state index < -0.39 is 14.6 Å². The lowest BCUT2D eigenvalue weighted by atomic mass is 10.2. The van der Waals surface area contributed by atoms with Crippen LogP contribution in [0.1, 0.15) is 13.8 Å². The third kappa shape index (κ3) is 4.33. The zero-order valence-electron chi connectivity index (χ0n) is 14.3. The lowest BCUT2D eigenvalue weighted by molar-refractivity contribution is 0.313. The lowest BCUT2D eigenvalue weighted by Gasteiger charge is -2.39. The van der Waals surface area contributed by atoms with Gasteiger partial charge in [-0.05, 0) is 26.0 Å². The SMILES string of the molecule is CN=C(NCCOc1ccccc1Cl)N1CCS(=O)(=O)C(C)(C)C1. The van der Waals surface area contributed by atoms with E-state index in [-0.39, 0.29) is 5.75 Å². The van der Waals surface area contributed by atoms with Crippen molar-refractivity contribution in [2.75, 3.05) is 39.0 Å². The van der Waals surface area contributed by atoms with Gasteiger partial charge in [0.15, 0.2) is 15.8 Å². The van der Waals surface area contributed by atoms with E-state index in [0.717, 1.165) is 0 Å². The predicted octanol–water partition coefficient (Wildman–Crippen LogP) is 1.80. The number of nitrogens with one attached hydrogen (secondary N) is 1. The largest absolute Gasteiger partial charge is 0.490 e. The number of aliphatic imine (C=N–C) groups is 1. The highest BCUT2D eigenvalue weighted by molar-refractivity contribution is 7.92. The summed E-state index contributed by atoms with van der Waals surface area (Å²) >= 11 is 6.04. The second-order valence-electron chi connectivity index (χ2n) is 6.25. The first kappa shape index (κ1) is 18.9. The van der Waals surface area contributed by atoms with Gasteiger partial charge < -0.3 is 15.0 Å². The first-order chi connectivity index (χ1) is 11.3. The van der Waals surface area contributed by atoms with Crippen LogP contribution in [0.15, 0.2) is 29.3 Å². The van der Waals surface area contributed by atoms with Crippen molar-refractivity contribution < 1.29 is 13.2 Å². The van der Waals surface area contributed by atoms with Crippen molar-refractivity contribution in [2.24, 2.45) is 4.99 Å². The van der Waals surface area contributed by atoms with Crippen molar-refractivity contribution in [3.05, 3.63) is 29.3 Å². The highest BCUT2D eigenvalue weighted by atomic mass is 35.5. The number of hydrogen-bond donors (Lipinski definition) is 1. The van der Waals surface area contributed by atoms with Gasteiger partial charge in [-0.15, -0.1) is 0 Å². The molecule has 8 heteroatoms. The molecule has 0 amide bonds. The van der Waals surface area contributed by atoms with Gasteiger partial charge in [-0.3, -0.25) is 4.99 Å². The smallest absolute Gasteiger partial charge is 0.193 e. The third-order valence-corrected chi connectivity index (χ3v) is 6.88. The molecular weight excluding hydrogens is 350 g/mol. The van der Waals surface area contributed by atoms with Crippen molar-refractivity contribution in [1.82, 2.24) is 10.2 Å². The highest BCUT2D eigenvalue weighted by Crippen LogP contribution is 2.24. The van der Waals surface area contributed by atoms with Crippen molar-refractivity contribution in [3.8, 4) is 5.75 Å². The molecule has 0 saturated carbocycles. The van der Waals surface area contributed by atoms with E-state index in [4.69, 9.17) is 16.3 Å². The molecule has 1 saturated heterocycles. The van der Waals surface area contributed by atoms with E-state index in [1.165, 1.54) is 0 Å². The first-order valence-corrected chi connectivity index (χ1v) is 9.85. The summed E-state index contributed by atoms with van der Waals surface area (Å²) in [6.45, 7) is 5.33. The third-order valence-electron chi connectivity index (χ3n) is 4.03. The molecule has 1 aromatic carbocycles. The molecule has 0 radical (unpaired) electrons. The number of ether oxygens (including phenoxy) is 1. The van der Waals surface area contributed by atoms with Crippen LogP contribution in [0.2, 0.25) is 5.02 Å². The highest BCUT2D eigenvalue weighted by Gasteiger charge is 2.40. The van der Waals surface area contributed by atoms with E-state index in [1.54, 1.807) is 27.0 Å². The number of guanidine groups is 1. The van der Waals surface area contributed by atoms with Crippen LogP contribution in [0, 0.1) is 0 Å². The van der Waals surface area contributed by atoms with Crippen LogP contribution in [-0.4, -0.2) is 63.1 Å². The van der Waals surface area contributed by atoms with Crippen LogP contribution in [0.4, 0.5) is 0 Å². The van der Waals surface area contributed by atoms with Crippen LogP contribution < -0.4 is 10.1 Å². The summed E-state index contributed by atoms with van der Waals surface area (Å²) in [6.07, 6.45) is 0. The number of halogens is 1. The fraction of sp³-hybridized carbons (Fsp3) is 0.562. The molecule has 1 aliphatic rings. The number of sulfone groups is 1. The van der Waals surface area contributed by atoms with Crippen molar-refractivity contribution in [2.45, 2.75) is 18.6 Å². The molecule has 0 unspecified atom stereocenters. The van der Waals surface area contributed by atoms with Gasteiger partial charge in [0.25, 0.3) is 0 Å². The zero-order chi connectivity index (χ0) is 17.8. The Hall–Kier alpha value is -1.47. The molecule has 1 N–H and O–H groups in total. The number of benzene rings is 1. The molecule has 134 valence electrons. The Bertz CT molecular complexity index is 704. The number of para-hydroxylation sites is 1. The maximum absolute atomic E-state index is 12.1. The minimum atomic E-state index is -3.07. The molecule has 24 heavy (non-hydrogen) atoms. The van der Waals surface area contributed by atoms with E-state index in [2.05, 4.69) is 10.3 Å². The normalized spacial score (nSPS) is 19.8. The van der Waals surface area contributed by atoms with Crippen LogP contribution in [0.25, 0.3) is 0 Å². The fourth-order valence-electron chi connectivity index (χ4n) is 2.54. The van der Waals surface area contributed by atoms with Gasteiger partial charge >= 0.3 is 0 Å². The minimum Gasteiger partial charge on any atom is -0.490 e. The standard InChI is InChI=1S/C16H24ClN3O3S/c1-16(2)12-20(9-11-24(16,21)22)15(18-3)19-8-10-23-14-7-5-4-6-13(14)17/h4-7H,8-12H2,1-3H3,(H,18,19). The van der Waals surface area contributed by atoms with Gasteiger partial charge in [0.2, 0.25) is 0 Å².